The summed E-state index contributed by atoms with van der Waals surface area (Å²) in [4.78, 5) is 18.3. The lowest BCUT2D eigenvalue weighted by Gasteiger charge is -2.03. The third-order valence-electron chi connectivity index (χ3n) is 2.40. The predicted octanol–water partition coefficient (Wildman–Crippen LogP) is 1.23. The predicted molar refractivity (Wildman–Crippen MR) is 70.6 cm³/mol. The molecule has 1 aromatic carbocycles. The molecule has 18 heavy (non-hydrogen) atoms. The molecule has 0 aliphatic carbocycles. The molecule has 1 amide bonds. The van der Waals surface area contributed by atoms with Crippen LogP contribution in [0.2, 0.25) is 0 Å². The maximum absolute atomic E-state index is 11.1. The van der Waals surface area contributed by atoms with Crippen molar-refractivity contribution in [3.05, 3.63) is 47.8 Å². The Kier molecular flexibility index (Phi) is 4.38. The number of thioether (sulfide) groups is 1. The lowest BCUT2D eigenvalue weighted by atomic mass is 10.1. The lowest BCUT2D eigenvalue weighted by molar-refractivity contribution is -0.120. The number of amides is 1. The van der Waals surface area contributed by atoms with Crippen LogP contribution < -0.4 is 11.3 Å². The minimum Gasteiger partial charge on any atom is -0.340 e. The molecule has 2 rings (SSSR count). The molecule has 0 saturated carbocycles. The second-order valence-corrected chi connectivity index (χ2v) is 4.71. The van der Waals surface area contributed by atoms with Crippen molar-refractivity contribution in [2.24, 2.45) is 5.84 Å². The van der Waals surface area contributed by atoms with Gasteiger partial charge in [-0.3, -0.25) is 10.2 Å². The Balaban J connectivity index is 1.89. The van der Waals surface area contributed by atoms with Crippen LogP contribution in [-0.4, -0.2) is 15.9 Å². The van der Waals surface area contributed by atoms with Crippen LogP contribution in [0.4, 0.5) is 0 Å². The molecule has 6 heteroatoms. The van der Waals surface area contributed by atoms with Gasteiger partial charge < -0.3 is 4.98 Å². The van der Waals surface area contributed by atoms with Crippen molar-refractivity contribution in [2.45, 2.75) is 17.3 Å². The summed E-state index contributed by atoms with van der Waals surface area (Å²) in [6.07, 6.45) is 3.84. The number of carbonyl (C=O) groups is 1. The maximum atomic E-state index is 11.1. The fourth-order valence-electron chi connectivity index (χ4n) is 1.47. The molecule has 0 radical (unpaired) electrons. The van der Waals surface area contributed by atoms with Gasteiger partial charge in [-0.25, -0.2) is 10.8 Å². The maximum Gasteiger partial charge on any atom is 0.238 e. The summed E-state index contributed by atoms with van der Waals surface area (Å²) in [5, 5.41) is 0.904. The fraction of sp³-hybridized carbons (Fsp3) is 0.167. The molecular formula is C12H14N4OS. The van der Waals surface area contributed by atoms with Crippen molar-refractivity contribution in [1.82, 2.24) is 15.4 Å². The molecule has 0 atom stereocenters. The Morgan fingerprint density at radius 3 is 2.67 bits per heavy atom. The number of hydrogen-bond donors (Lipinski definition) is 3. The van der Waals surface area contributed by atoms with Gasteiger partial charge in [0, 0.05) is 18.1 Å². The van der Waals surface area contributed by atoms with Crippen LogP contribution in [0.3, 0.4) is 0 Å². The molecule has 1 aromatic heterocycles. The van der Waals surface area contributed by atoms with Gasteiger partial charge >= 0.3 is 0 Å². The van der Waals surface area contributed by atoms with Crippen LogP contribution in [0.1, 0.15) is 11.1 Å². The van der Waals surface area contributed by atoms with E-state index in [1.165, 1.54) is 5.56 Å². The van der Waals surface area contributed by atoms with Crippen molar-refractivity contribution in [3.8, 4) is 0 Å². The van der Waals surface area contributed by atoms with Crippen LogP contribution >= 0.6 is 11.8 Å². The number of hydrogen-bond acceptors (Lipinski definition) is 4. The number of aromatic amines is 1. The largest absolute Gasteiger partial charge is 0.340 e. The van der Waals surface area contributed by atoms with Gasteiger partial charge in [0.1, 0.15) is 0 Å². The highest BCUT2D eigenvalue weighted by molar-refractivity contribution is 7.98. The topological polar surface area (TPSA) is 83.8 Å². The molecule has 94 valence electrons. The molecule has 5 nitrogen and oxygen atoms in total. The first-order chi connectivity index (χ1) is 8.78. The van der Waals surface area contributed by atoms with E-state index in [4.69, 9.17) is 5.84 Å². The zero-order valence-corrected chi connectivity index (χ0v) is 10.5. The van der Waals surface area contributed by atoms with Crippen molar-refractivity contribution in [3.63, 3.8) is 0 Å². The normalized spacial score (nSPS) is 10.3. The zero-order valence-electron chi connectivity index (χ0n) is 9.72. The summed E-state index contributed by atoms with van der Waals surface area (Å²) < 4.78 is 0. The van der Waals surface area contributed by atoms with E-state index in [1.54, 1.807) is 24.2 Å². The molecule has 0 spiro atoms. The van der Waals surface area contributed by atoms with Crippen LogP contribution in [0.5, 0.6) is 0 Å². The first-order valence-electron chi connectivity index (χ1n) is 5.47. The van der Waals surface area contributed by atoms with Gasteiger partial charge in [0.05, 0.1) is 6.42 Å². The molecule has 0 saturated heterocycles. The summed E-state index contributed by atoms with van der Waals surface area (Å²) >= 11 is 1.64. The van der Waals surface area contributed by atoms with Crippen LogP contribution in [0, 0.1) is 0 Å². The number of nitrogens with zero attached hydrogens (tertiary/aromatic N) is 1. The zero-order chi connectivity index (χ0) is 12.8. The first-order valence-corrected chi connectivity index (χ1v) is 6.46. The monoisotopic (exact) mass is 262 g/mol. The summed E-state index contributed by atoms with van der Waals surface area (Å²) in [5.74, 6) is 5.70. The SMILES string of the molecule is NNC(=O)Cc1ccc(CSc2ncc[nH]2)cc1. The van der Waals surface area contributed by atoms with Gasteiger partial charge in [-0.05, 0) is 11.1 Å². The number of aromatic nitrogens is 2. The van der Waals surface area contributed by atoms with Gasteiger partial charge in [0.15, 0.2) is 5.16 Å². The second kappa shape index (κ2) is 6.23. The standard InChI is InChI=1S/C12H14N4OS/c13-16-11(17)7-9-1-3-10(4-2-9)8-18-12-14-5-6-15-12/h1-6H,7-8,13H2,(H,14,15)(H,16,17). The van der Waals surface area contributed by atoms with E-state index in [-0.39, 0.29) is 5.91 Å². The molecule has 1 heterocycles. The molecule has 0 aliphatic rings. The smallest absolute Gasteiger partial charge is 0.238 e. The number of imidazole rings is 1. The van der Waals surface area contributed by atoms with Crippen molar-refractivity contribution < 1.29 is 4.79 Å². The molecule has 0 unspecified atom stereocenters. The summed E-state index contributed by atoms with van der Waals surface area (Å²) in [5.41, 5.74) is 4.25. The number of benzene rings is 1. The number of rotatable bonds is 5. The quantitative estimate of drug-likeness (QED) is 0.327. The molecular weight excluding hydrogens is 248 g/mol. The van der Waals surface area contributed by atoms with E-state index in [9.17, 15) is 4.79 Å². The minimum atomic E-state index is -0.187. The Morgan fingerprint density at radius 1 is 1.33 bits per heavy atom. The summed E-state index contributed by atoms with van der Waals surface area (Å²) in [6.45, 7) is 0. The summed E-state index contributed by atoms with van der Waals surface area (Å²) in [6, 6.07) is 7.89. The Hall–Kier alpha value is -1.79. The fourth-order valence-corrected chi connectivity index (χ4v) is 2.25. The van der Waals surface area contributed by atoms with Gasteiger partial charge in [0.25, 0.3) is 0 Å². The highest BCUT2D eigenvalue weighted by Crippen LogP contribution is 2.18. The Labute approximate surface area is 109 Å². The first kappa shape index (κ1) is 12.7. The molecule has 0 aliphatic heterocycles. The van der Waals surface area contributed by atoms with Crippen LogP contribution in [0.15, 0.2) is 41.8 Å². The van der Waals surface area contributed by atoms with Gasteiger partial charge in [-0.2, -0.15) is 0 Å². The highest BCUT2D eigenvalue weighted by atomic mass is 32.2. The van der Waals surface area contributed by atoms with E-state index in [0.717, 1.165) is 16.5 Å². The van der Waals surface area contributed by atoms with E-state index in [2.05, 4.69) is 15.4 Å². The third-order valence-corrected chi connectivity index (χ3v) is 3.37. The van der Waals surface area contributed by atoms with Crippen molar-refractivity contribution in [1.29, 1.82) is 0 Å². The third kappa shape index (κ3) is 3.61. The number of hydrazine groups is 1. The van der Waals surface area contributed by atoms with Gasteiger partial charge in [0.2, 0.25) is 5.91 Å². The van der Waals surface area contributed by atoms with Gasteiger partial charge in [-0.1, -0.05) is 36.0 Å². The summed E-state index contributed by atoms with van der Waals surface area (Å²) in [7, 11) is 0. The number of nitrogens with one attached hydrogen (secondary N) is 2. The number of nitrogens with two attached hydrogens (primary N) is 1. The van der Waals surface area contributed by atoms with Crippen LogP contribution in [0.25, 0.3) is 0 Å². The Morgan fingerprint density at radius 2 is 2.06 bits per heavy atom. The van der Waals surface area contributed by atoms with Crippen molar-refractivity contribution in [2.75, 3.05) is 0 Å². The van der Waals surface area contributed by atoms with E-state index in [1.807, 2.05) is 24.3 Å². The van der Waals surface area contributed by atoms with Gasteiger partial charge in [-0.15, -0.1) is 0 Å². The average molecular weight is 262 g/mol. The molecule has 2 aromatic rings. The molecule has 0 bridgehead atoms. The van der Waals surface area contributed by atoms with E-state index in [0.29, 0.717) is 6.42 Å². The van der Waals surface area contributed by atoms with Crippen molar-refractivity contribution >= 4 is 17.7 Å². The van der Waals surface area contributed by atoms with E-state index >= 15 is 0 Å². The highest BCUT2D eigenvalue weighted by Gasteiger charge is 2.02. The van der Waals surface area contributed by atoms with Crippen LogP contribution in [-0.2, 0) is 17.0 Å². The lowest BCUT2D eigenvalue weighted by Crippen LogP contribution is -2.31. The number of H-pyrrole nitrogens is 1. The molecule has 0 fully saturated rings. The Bertz CT molecular complexity index is 495. The van der Waals surface area contributed by atoms with E-state index < -0.39 is 0 Å². The molecule has 4 N–H and O–H groups in total. The number of carbonyl (C=O) groups excluding carboxylic acids is 1. The minimum absolute atomic E-state index is 0.187. The second-order valence-electron chi connectivity index (χ2n) is 3.74. The average Bonchev–Trinajstić information content (AvgIpc) is 2.91.